The summed E-state index contributed by atoms with van der Waals surface area (Å²) in [6.07, 6.45) is 2.91. The lowest BCUT2D eigenvalue weighted by Gasteiger charge is -2.19. The second-order valence-corrected chi connectivity index (χ2v) is 2.39. The Morgan fingerprint density at radius 1 is 1.45 bits per heavy atom. The molecule has 0 radical (unpaired) electrons. The van der Waals surface area contributed by atoms with E-state index in [4.69, 9.17) is 0 Å². The van der Waals surface area contributed by atoms with Crippen molar-refractivity contribution in [2.45, 2.75) is 6.92 Å². The molecule has 0 spiro atoms. The molecule has 62 valence electrons. The van der Waals surface area contributed by atoms with E-state index < -0.39 is 5.92 Å². The first-order chi connectivity index (χ1) is 4.63. The fraction of sp³-hybridized carbons (Fsp3) is 0.429. The Bertz CT molecular complexity index is 212. The van der Waals surface area contributed by atoms with Gasteiger partial charge < -0.3 is 4.90 Å². The van der Waals surface area contributed by atoms with Gasteiger partial charge in [-0.05, 0) is 13.0 Å². The van der Waals surface area contributed by atoms with Gasteiger partial charge in [0.1, 0.15) is 0 Å². The molecule has 0 bridgehead atoms. The Morgan fingerprint density at radius 3 is 2.45 bits per heavy atom. The molecule has 3 nitrogen and oxygen atoms in total. The number of amides is 1. The smallest absolute Gasteiger partial charge is 0.236 e. The molecule has 1 rings (SSSR count). The third kappa shape index (κ3) is 1.80. The van der Waals surface area contributed by atoms with Crippen LogP contribution in [0.25, 0.3) is 0 Å². The zero-order valence-electron chi connectivity index (χ0n) is 6.40. The van der Waals surface area contributed by atoms with E-state index in [1.807, 2.05) is 0 Å². The molecule has 0 saturated carbocycles. The molecule has 1 unspecified atom stereocenters. The summed E-state index contributed by atoms with van der Waals surface area (Å²) in [4.78, 5) is 23.2. The van der Waals surface area contributed by atoms with Gasteiger partial charge in [0.15, 0.2) is 5.78 Å². The molecule has 4 heteroatoms. The van der Waals surface area contributed by atoms with Gasteiger partial charge in [-0.25, -0.2) is 0 Å². The van der Waals surface area contributed by atoms with Gasteiger partial charge in [-0.3, -0.25) is 9.59 Å². The second kappa shape index (κ2) is 3.53. The molecule has 1 aliphatic rings. The second-order valence-electron chi connectivity index (χ2n) is 2.39. The van der Waals surface area contributed by atoms with Gasteiger partial charge in [-0.1, -0.05) is 0 Å². The number of carbonyl (C=O) groups excluding carboxylic acids is 2. The van der Waals surface area contributed by atoms with Crippen molar-refractivity contribution in [2.75, 3.05) is 7.05 Å². The minimum atomic E-state index is -0.491. The molecule has 0 saturated heterocycles. The monoisotopic (exact) mass is 175 g/mol. The number of halogens is 1. The number of nitrogens with zero attached hydrogens (tertiary/aromatic N) is 1. The van der Waals surface area contributed by atoms with E-state index >= 15 is 0 Å². The normalized spacial score (nSPS) is 23.5. The van der Waals surface area contributed by atoms with E-state index in [1.54, 1.807) is 14.0 Å². The third-order valence-electron chi connectivity index (χ3n) is 1.61. The highest BCUT2D eigenvalue weighted by Gasteiger charge is 2.25. The number of rotatable bonds is 0. The number of hydrogen-bond donors (Lipinski definition) is 0. The summed E-state index contributed by atoms with van der Waals surface area (Å²) >= 11 is 0. The first kappa shape index (κ1) is 10.2. The maximum atomic E-state index is 11.0. The van der Waals surface area contributed by atoms with Crippen LogP contribution in [0.15, 0.2) is 12.3 Å². The number of hydrogen-bond acceptors (Lipinski definition) is 2. The molecule has 1 aliphatic heterocycles. The van der Waals surface area contributed by atoms with Crippen molar-refractivity contribution >= 4 is 24.1 Å². The summed E-state index contributed by atoms with van der Waals surface area (Å²) in [6, 6.07) is 0. The van der Waals surface area contributed by atoms with E-state index in [0.29, 0.717) is 0 Å². The topological polar surface area (TPSA) is 37.4 Å². The van der Waals surface area contributed by atoms with Crippen LogP contribution >= 0.6 is 12.4 Å². The molecular formula is C7H10ClNO2. The van der Waals surface area contributed by atoms with Gasteiger partial charge in [0.05, 0.1) is 5.92 Å². The molecule has 0 aliphatic carbocycles. The van der Waals surface area contributed by atoms with Gasteiger partial charge in [-0.2, -0.15) is 0 Å². The summed E-state index contributed by atoms with van der Waals surface area (Å²) in [5, 5.41) is 0. The Kier molecular flexibility index (Phi) is 3.26. The van der Waals surface area contributed by atoms with Gasteiger partial charge >= 0.3 is 0 Å². The molecule has 1 atom stereocenters. The highest BCUT2D eigenvalue weighted by atomic mass is 35.5. The highest BCUT2D eigenvalue weighted by molar-refractivity contribution is 6.08. The van der Waals surface area contributed by atoms with Crippen LogP contribution in [0.5, 0.6) is 0 Å². The van der Waals surface area contributed by atoms with Crippen LogP contribution in [0.3, 0.4) is 0 Å². The van der Waals surface area contributed by atoms with Crippen LogP contribution < -0.4 is 0 Å². The average Bonchev–Trinajstić information content (AvgIpc) is 1.93. The quantitative estimate of drug-likeness (QED) is 0.506. The van der Waals surface area contributed by atoms with Crippen molar-refractivity contribution in [3.63, 3.8) is 0 Å². The first-order valence-corrected chi connectivity index (χ1v) is 3.11. The minimum absolute atomic E-state index is 0. The Labute approximate surface area is 71.5 Å². The molecule has 1 heterocycles. The number of allylic oxidation sites excluding steroid dienone is 1. The maximum Gasteiger partial charge on any atom is 0.236 e. The molecule has 0 fully saturated rings. The largest absolute Gasteiger partial charge is 0.321 e. The van der Waals surface area contributed by atoms with Crippen molar-refractivity contribution in [3.8, 4) is 0 Å². The molecule has 0 aromatic heterocycles. The van der Waals surface area contributed by atoms with Crippen molar-refractivity contribution in [2.24, 2.45) is 5.92 Å². The minimum Gasteiger partial charge on any atom is -0.321 e. The van der Waals surface area contributed by atoms with E-state index in [9.17, 15) is 9.59 Å². The van der Waals surface area contributed by atoms with Crippen LogP contribution in [0.4, 0.5) is 0 Å². The summed E-state index contributed by atoms with van der Waals surface area (Å²) in [6.45, 7) is 1.62. The van der Waals surface area contributed by atoms with Crippen LogP contribution in [0.1, 0.15) is 6.92 Å². The van der Waals surface area contributed by atoms with Crippen molar-refractivity contribution in [1.82, 2.24) is 4.90 Å². The van der Waals surface area contributed by atoms with Crippen LogP contribution in [0, 0.1) is 5.92 Å². The first-order valence-electron chi connectivity index (χ1n) is 3.11. The van der Waals surface area contributed by atoms with Crippen LogP contribution in [-0.2, 0) is 9.59 Å². The standard InChI is InChI=1S/C7H9NO2.ClH/c1-5-6(9)3-4-8(2)7(5)10;/h3-5H,1-2H3;1H. The zero-order chi connectivity index (χ0) is 7.72. The molecule has 1 amide bonds. The van der Waals surface area contributed by atoms with Crippen LogP contribution in [-0.4, -0.2) is 23.6 Å². The number of ketones is 1. The van der Waals surface area contributed by atoms with E-state index in [1.165, 1.54) is 17.2 Å². The SMILES string of the molecule is CC1C(=O)C=CN(C)C1=O.Cl. The summed E-state index contributed by atoms with van der Waals surface area (Å²) in [5.74, 6) is -0.731. The van der Waals surface area contributed by atoms with Gasteiger partial charge in [-0.15, -0.1) is 12.4 Å². The van der Waals surface area contributed by atoms with Gasteiger partial charge in [0.25, 0.3) is 0 Å². The maximum absolute atomic E-state index is 11.0. The Hall–Kier alpha value is -0.830. The van der Waals surface area contributed by atoms with E-state index in [2.05, 4.69) is 0 Å². The van der Waals surface area contributed by atoms with Crippen molar-refractivity contribution < 1.29 is 9.59 Å². The van der Waals surface area contributed by atoms with E-state index in [-0.39, 0.29) is 24.1 Å². The highest BCUT2D eigenvalue weighted by Crippen LogP contribution is 2.08. The Morgan fingerprint density at radius 2 is 2.00 bits per heavy atom. The molecule has 11 heavy (non-hydrogen) atoms. The van der Waals surface area contributed by atoms with Crippen molar-refractivity contribution in [1.29, 1.82) is 0 Å². The molecule has 0 aromatic rings. The molecule has 0 N–H and O–H groups in total. The molecule has 0 aromatic carbocycles. The lowest BCUT2D eigenvalue weighted by Crippen LogP contribution is -2.35. The Balaban J connectivity index is 0.000001000. The van der Waals surface area contributed by atoms with Crippen LogP contribution in [0.2, 0.25) is 0 Å². The fourth-order valence-corrected chi connectivity index (χ4v) is 0.830. The lowest BCUT2D eigenvalue weighted by molar-refractivity contribution is -0.137. The zero-order valence-corrected chi connectivity index (χ0v) is 7.22. The van der Waals surface area contributed by atoms with E-state index in [0.717, 1.165) is 0 Å². The predicted octanol–water partition coefficient (Wildman–Crippen LogP) is 0.599. The summed E-state index contributed by atoms with van der Waals surface area (Å²) < 4.78 is 0. The third-order valence-corrected chi connectivity index (χ3v) is 1.61. The van der Waals surface area contributed by atoms with Gasteiger partial charge in [0, 0.05) is 13.2 Å². The van der Waals surface area contributed by atoms with Crippen molar-refractivity contribution in [3.05, 3.63) is 12.3 Å². The summed E-state index contributed by atoms with van der Waals surface area (Å²) in [5.41, 5.74) is 0. The average molecular weight is 176 g/mol. The van der Waals surface area contributed by atoms with Gasteiger partial charge in [0.2, 0.25) is 5.91 Å². The number of carbonyl (C=O) groups is 2. The predicted molar refractivity (Wildman–Crippen MR) is 43.3 cm³/mol. The lowest BCUT2D eigenvalue weighted by atomic mass is 10.0. The fourth-order valence-electron chi connectivity index (χ4n) is 0.830. The summed E-state index contributed by atoms with van der Waals surface area (Å²) in [7, 11) is 1.64. The molecular weight excluding hydrogens is 166 g/mol.